The molecule has 2 aromatic carbocycles. The molecule has 0 spiro atoms. The van der Waals surface area contributed by atoms with Crippen LogP contribution in [0.1, 0.15) is 24.1 Å². The highest BCUT2D eigenvalue weighted by atomic mass is 35.5. The van der Waals surface area contributed by atoms with Crippen LogP contribution in [0.5, 0.6) is 5.75 Å². The molecule has 0 fully saturated rings. The Hall–Kier alpha value is -2.08. The SMILES string of the molecule is C[C@@H]([NH2+]Cc1cc(=O)oc2cc(O)ccc12)c1cc(F)c(Cl)cc1Cl. The van der Waals surface area contributed by atoms with E-state index < -0.39 is 11.4 Å². The van der Waals surface area contributed by atoms with Gasteiger partial charge in [-0.2, -0.15) is 0 Å². The summed E-state index contributed by atoms with van der Waals surface area (Å²) in [6.45, 7) is 2.34. The molecule has 0 aliphatic carbocycles. The molecule has 1 heterocycles. The van der Waals surface area contributed by atoms with Gasteiger partial charge in [0.1, 0.15) is 29.7 Å². The fourth-order valence-corrected chi connectivity index (χ4v) is 3.26. The van der Waals surface area contributed by atoms with Gasteiger partial charge in [-0.25, -0.2) is 9.18 Å². The first-order valence-corrected chi connectivity index (χ1v) is 8.34. The second-order valence-electron chi connectivity index (χ2n) is 5.79. The van der Waals surface area contributed by atoms with E-state index in [2.05, 4.69) is 0 Å². The first-order chi connectivity index (χ1) is 11.8. The highest BCUT2D eigenvalue weighted by molar-refractivity contribution is 6.35. The molecule has 0 saturated carbocycles. The van der Waals surface area contributed by atoms with Crippen LogP contribution in [0.4, 0.5) is 4.39 Å². The molecule has 0 saturated heterocycles. The summed E-state index contributed by atoms with van der Waals surface area (Å²) >= 11 is 11.9. The summed E-state index contributed by atoms with van der Waals surface area (Å²) in [7, 11) is 0. The van der Waals surface area contributed by atoms with Gasteiger partial charge < -0.3 is 14.8 Å². The molecule has 0 radical (unpaired) electrons. The molecule has 4 nitrogen and oxygen atoms in total. The van der Waals surface area contributed by atoms with E-state index in [9.17, 15) is 14.3 Å². The third kappa shape index (κ3) is 3.79. The first kappa shape index (κ1) is 17.7. The van der Waals surface area contributed by atoms with Crippen LogP contribution in [0.2, 0.25) is 10.0 Å². The Morgan fingerprint density at radius 2 is 1.96 bits per heavy atom. The third-order valence-electron chi connectivity index (χ3n) is 4.04. The van der Waals surface area contributed by atoms with Crippen molar-refractivity contribution in [3.63, 3.8) is 0 Å². The molecule has 3 rings (SSSR count). The number of hydrogen-bond donors (Lipinski definition) is 2. The fourth-order valence-electron chi connectivity index (χ4n) is 2.71. The summed E-state index contributed by atoms with van der Waals surface area (Å²) in [5.41, 5.74) is 1.20. The lowest BCUT2D eigenvalue weighted by atomic mass is 10.1. The molecule has 7 heteroatoms. The Balaban J connectivity index is 1.88. The van der Waals surface area contributed by atoms with E-state index in [0.29, 0.717) is 22.7 Å². The van der Waals surface area contributed by atoms with E-state index in [1.54, 1.807) is 6.07 Å². The number of rotatable bonds is 4. The topological polar surface area (TPSA) is 67.0 Å². The Morgan fingerprint density at radius 3 is 2.72 bits per heavy atom. The molecule has 25 heavy (non-hydrogen) atoms. The molecule has 3 N–H and O–H groups in total. The molecule has 3 aromatic rings. The van der Waals surface area contributed by atoms with Gasteiger partial charge in [0.05, 0.1) is 10.0 Å². The van der Waals surface area contributed by atoms with Crippen LogP contribution in [0.25, 0.3) is 11.0 Å². The van der Waals surface area contributed by atoms with Gasteiger partial charge in [-0.3, -0.25) is 0 Å². The van der Waals surface area contributed by atoms with Crippen molar-refractivity contribution in [2.45, 2.75) is 19.5 Å². The normalized spacial score (nSPS) is 12.5. The van der Waals surface area contributed by atoms with Crippen LogP contribution in [0, 0.1) is 5.82 Å². The summed E-state index contributed by atoms with van der Waals surface area (Å²) in [4.78, 5) is 11.7. The van der Waals surface area contributed by atoms with Gasteiger partial charge in [0, 0.05) is 28.6 Å². The van der Waals surface area contributed by atoms with Crippen LogP contribution in [0.15, 0.2) is 45.6 Å². The monoisotopic (exact) mass is 382 g/mol. The molecule has 0 unspecified atom stereocenters. The van der Waals surface area contributed by atoms with Gasteiger partial charge in [-0.05, 0) is 31.2 Å². The molecule has 1 atom stereocenters. The second kappa shape index (κ2) is 7.04. The highest BCUT2D eigenvalue weighted by Gasteiger charge is 2.17. The van der Waals surface area contributed by atoms with Gasteiger partial charge in [0.15, 0.2) is 0 Å². The van der Waals surface area contributed by atoms with Gasteiger partial charge in [-0.15, -0.1) is 0 Å². The maximum absolute atomic E-state index is 13.7. The minimum Gasteiger partial charge on any atom is -0.508 e. The maximum Gasteiger partial charge on any atom is 0.336 e. The average Bonchev–Trinajstić information content (AvgIpc) is 2.55. The number of halogens is 3. The predicted octanol–water partition coefficient (Wildman–Crippen LogP) is 3.77. The van der Waals surface area contributed by atoms with E-state index in [0.717, 1.165) is 10.9 Å². The lowest BCUT2D eigenvalue weighted by Gasteiger charge is -2.14. The van der Waals surface area contributed by atoms with E-state index in [1.807, 2.05) is 12.2 Å². The number of phenolic OH excluding ortho intramolecular Hbond substituents is 1. The molecule has 0 aliphatic rings. The lowest BCUT2D eigenvalue weighted by Crippen LogP contribution is -2.83. The van der Waals surface area contributed by atoms with Crippen molar-refractivity contribution in [1.29, 1.82) is 0 Å². The molecular formula is C18H15Cl2FNO3+. The largest absolute Gasteiger partial charge is 0.508 e. The van der Waals surface area contributed by atoms with Crippen molar-refractivity contribution in [3.05, 3.63) is 73.8 Å². The minimum absolute atomic E-state index is 0.0209. The zero-order valence-electron chi connectivity index (χ0n) is 13.2. The van der Waals surface area contributed by atoms with Crippen molar-refractivity contribution in [1.82, 2.24) is 0 Å². The molecule has 0 amide bonds. The summed E-state index contributed by atoms with van der Waals surface area (Å²) in [6.07, 6.45) is 0. The van der Waals surface area contributed by atoms with Crippen molar-refractivity contribution in [2.75, 3.05) is 0 Å². The number of nitrogens with two attached hydrogens (primary N) is 1. The van der Waals surface area contributed by atoms with Gasteiger partial charge in [0.25, 0.3) is 0 Å². The maximum atomic E-state index is 13.7. The average molecular weight is 383 g/mol. The third-order valence-corrected chi connectivity index (χ3v) is 4.65. The summed E-state index contributed by atoms with van der Waals surface area (Å²) in [5, 5.41) is 12.5. The van der Waals surface area contributed by atoms with Gasteiger partial charge in [0.2, 0.25) is 0 Å². The molecule has 0 bridgehead atoms. The van der Waals surface area contributed by atoms with Crippen LogP contribution in [0.3, 0.4) is 0 Å². The Labute approximate surface area is 152 Å². The zero-order chi connectivity index (χ0) is 18.1. The standard InChI is InChI=1S/C18H14Cl2FNO3/c1-9(13-6-16(21)15(20)7-14(13)19)22-8-10-4-18(24)25-17-5-11(23)2-3-12(10)17/h2-7,9,22-23H,8H2,1H3/p+1/t9-/m1/s1. The van der Waals surface area contributed by atoms with Gasteiger partial charge >= 0.3 is 5.63 Å². The second-order valence-corrected chi connectivity index (χ2v) is 6.60. The van der Waals surface area contributed by atoms with E-state index in [4.69, 9.17) is 27.6 Å². The van der Waals surface area contributed by atoms with Crippen molar-refractivity contribution in [2.24, 2.45) is 0 Å². The fraction of sp³-hybridized carbons (Fsp3) is 0.167. The molecule has 0 aliphatic heterocycles. The molecule has 130 valence electrons. The zero-order valence-corrected chi connectivity index (χ0v) is 14.7. The number of benzene rings is 2. The Bertz CT molecular complexity index is 1000. The Morgan fingerprint density at radius 1 is 1.20 bits per heavy atom. The van der Waals surface area contributed by atoms with Crippen molar-refractivity contribution < 1.29 is 19.2 Å². The van der Waals surface area contributed by atoms with Crippen LogP contribution >= 0.6 is 23.2 Å². The first-order valence-electron chi connectivity index (χ1n) is 7.58. The number of hydrogen-bond acceptors (Lipinski definition) is 3. The van der Waals surface area contributed by atoms with E-state index in [1.165, 1.54) is 30.3 Å². The Kier molecular flexibility index (Phi) is 4.99. The summed E-state index contributed by atoms with van der Waals surface area (Å²) in [6, 6.07) is 8.58. The lowest BCUT2D eigenvalue weighted by molar-refractivity contribution is -0.707. The quantitative estimate of drug-likeness (QED) is 0.533. The van der Waals surface area contributed by atoms with E-state index >= 15 is 0 Å². The molecule has 1 aromatic heterocycles. The summed E-state index contributed by atoms with van der Waals surface area (Å²) < 4.78 is 18.8. The van der Waals surface area contributed by atoms with Crippen molar-refractivity contribution >= 4 is 34.2 Å². The predicted molar refractivity (Wildman–Crippen MR) is 94.6 cm³/mol. The van der Waals surface area contributed by atoms with Crippen LogP contribution in [-0.4, -0.2) is 5.11 Å². The highest BCUT2D eigenvalue weighted by Crippen LogP contribution is 2.27. The van der Waals surface area contributed by atoms with E-state index in [-0.39, 0.29) is 16.8 Å². The number of fused-ring (bicyclic) bond motifs is 1. The van der Waals surface area contributed by atoms with Crippen molar-refractivity contribution in [3.8, 4) is 5.75 Å². The minimum atomic E-state index is -0.525. The number of phenols is 1. The number of quaternary nitrogens is 1. The summed E-state index contributed by atoms with van der Waals surface area (Å²) in [5.74, 6) is -0.504. The van der Waals surface area contributed by atoms with Gasteiger partial charge in [-0.1, -0.05) is 23.2 Å². The molecular weight excluding hydrogens is 368 g/mol. The van der Waals surface area contributed by atoms with Crippen LogP contribution < -0.4 is 10.9 Å². The number of aromatic hydroxyl groups is 1. The smallest absolute Gasteiger partial charge is 0.336 e. The van der Waals surface area contributed by atoms with Crippen LogP contribution in [-0.2, 0) is 6.54 Å².